The summed E-state index contributed by atoms with van der Waals surface area (Å²) < 4.78 is 36.8. The summed E-state index contributed by atoms with van der Waals surface area (Å²) in [6, 6.07) is 2.41. The number of carbonyl (C=O) groups excluding carboxylic acids is 3. The molecule has 1 aromatic rings. The molecular weight excluding hydrogens is 289 g/mol. The summed E-state index contributed by atoms with van der Waals surface area (Å²) in [6.07, 6.45) is -5.47. The molecule has 0 aromatic carbocycles. The highest BCUT2D eigenvalue weighted by molar-refractivity contribution is 7.12. The van der Waals surface area contributed by atoms with Crippen molar-refractivity contribution < 1.29 is 37.5 Å². The monoisotopic (exact) mass is 294 g/mol. The molecule has 1 N–H and O–H groups in total. The number of carboxylic acids is 1. The zero-order valence-corrected chi connectivity index (χ0v) is 9.75. The van der Waals surface area contributed by atoms with Gasteiger partial charge in [-0.1, -0.05) is 6.07 Å². The van der Waals surface area contributed by atoms with Crippen molar-refractivity contribution in [3.05, 3.63) is 22.4 Å². The van der Waals surface area contributed by atoms with Crippen LogP contribution in [0.2, 0.25) is 0 Å². The van der Waals surface area contributed by atoms with Crippen molar-refractivity contribution in [3.8, 4) is 0 Å². The van der Waals surface area contributed by atoms with Gasteiger partial charge in [-0.3, -0.25) is 14.4 Å². The van der Waals surface area contributed by atoms with E-state index in [-0.39, 0.29) is 4.88 Å². The fourth-order valence-electron chi connectivity index (χ4n) is 1.21. The topological polar surface area (TPSA) is 88.5 Å². The molecule has 0 spiro atoms. The predicted molar refractivity (Wildman–Crippen MR) is 55.8 cm³/mol. The summed E-state index contributed by atoms with van der Waals surface area (Å²) in [5.74, 6) is -11.4. The number of thiophene rings is 1. The number of carboxylic acid groups (broad SMARTS) is 1. The minimum atomic E-state index is -5.47. The maximum Gasteiger partial charge on any atom is 0.451 e. The number of carbonyl (C=O) groups is 4. The molecule has 0 aliphatic rings. The quantitative estimate of drug-likeness (QED) is 0.503. The van der Waals surface area contributed by atoms with Crippen molar-refractivity contribution in [3.63, 3.8) is 0 Å². The highest BCUT2D eigenvalue weighted by Crippen LogP contribution is 2.25. The highest BCUT2D eigenvalue weighted by Gasteiger charge is 2.51. The third kappa shape index (κ3) is 3.25. The summed E-state index contributed by atoms with van der Waals surface area (Å²) in [5.41, 5.74) is 0. The number of ketones is 3. The maximum atomic E-state index is 12.3. The Balaban J connectivity index is 3.21. The Morgan fingerprint density at radius 1 is 1.21 bits per heavy atom. The molecule has 1 atom stereocenters. The van der Waals surface area contributed by atoms with Crippen molar-refractivity contribution in [2.24, 2.45) is 5.92 Å². The predicted octanol–water partition coefficient (Wildman–Crippen LogP) is 1.33. The van der Waals surface area contributed by atoms with E-state index in [1.165, 1.54) is 11.4 Å². The van der Waals surface area contributed by atoms with Gasteiger partial charge in [-0.2, -0.15) is 13.2 Å². The van der Waals surface area contributed by atoms with Gasteiger partial charge in [-0.05, 0) is 11.4 Å². The molecule has 0 radical (unpaired) electrons. The van der Waals surface area contributed by atoms with Crippen LogP contribution in [0.25, 0.3) is 0 Å². The Hall–Kier alpha value is -2.03. The zero-order valence-electron chi connectivity index (χ0n) is 8.93. The number of alkyl halides is 3. The summed E-state index contributed by atoms with van der Waals surface area (Å²) in [4.78, 5) is 43.9. The molecule has 0 saturated carbocycles. The number of rotatable bonds is 5. The number of aliphatic carboxylic acids is 1. The van der Waals surface area contributed by atoms with E-state index in [1.807, 2.05) is 0 Å². The van der Waals surface area contributed by atoms with E-state index < -0.39 is 35.4 Å². The van der Waals surface area contributed by atoms with Crippen LogP contribution in [-0.4, -0.2) is 34.6 Å². The molecule has 0 fully saturated rings. The molecule has 102 valence electrons. The fraction of sp³-hybridized carbons (Fsp3) is 0.200. The summed E-state index contributed by atoms with van der Waals surface area (Å²) in [6.45, 7) is 0. The van der Waals surface area contributed by atoms with Crippen molar-refractivity contribution >= 4 is 34.7 Å². The Bertz CT molecular complexity index is 532. The third-order valence-electron chi connectivity index (χ3n) is 2.04. The highest BCUT2D eigenvalue weighted by atomic mass is 32.1. The summed E-state index contributed by atoms with van der Waals surface area (Å²) >= 11 is 0.702. The van der Waals surface area contributed by atoms with E-state index in [0.29, 0.717) is 11.3 Å². The van der Waals surface area contributed by atoms with Gasteiger partial charge in [-0.15, -0.1) is 11.3 Å². The Morgan fingerprint density at radius 3 is 2.16 bits per heavy atom. The number of Topliss-reactive ketones (excluding diaryl/α,β-unsaturated/α-hetero) is 3. The second-order valence-electron chi connectivity index (χ2n) is 3.31. The average molecular weight is 294 g/mol. The molecule has 1 heterocycles. The fourth-order valence-corrected chi connectivity index (χ4v) is 1.90. The Morgan fingerprint density at radius 2 is 1.79 bits per heavy atom. The molecule has 0 bridgehead atoms. The van der Waals surface area contributed by atoms with Crippen LogP contribution in [0.3, 0.4) is 0 Å². The molecule has 19 heavy (non-hydrogen) atoms. The Kier molecular flexibility index (Phi) is 4.20. The molecule has 9 heteroatoms. The first-order chi connectivity index (χ1) is 8.66. The van der Waals surface area contributed by atoms with Crippen molar-refractivity contribution in [1.29, 1.82) is 0 Å². The van der Waals surface area contributed by atoms with E-state index in [2.05, 4.69) is 0 Å². The van der Waals surface area contributed by atoms with Crippen LogP contribution in [0.15, 0.2) is 17.5 Å². The molecule has 0 saturated heterocycles. The van der Waals surface area contributed by atoms with Gasteiger partial charge in [0.1, 0.15) is 0 Å². The van der Waals surface area contributed by atoms with Crippen molar-refractivity contribution in [1.82, 2.24) is 0 Å². The second-order valence-corrected chi connectivity index (χ2v) is 4.25. The number of hydrogen-bond acceptors (Lipinski definition) is 5. The largest absolute Gasteiger partial charge is 0.475 e. The van der Waals surface area contributed by atoms with Gasteiger partial charge < -0.3 is 5.11 Å². The number of hydrogen-bond donors (Lipinski definition) is 1. The van der Waals surface area contributed by atoms with Gasteiger partial charge in [0.05, 0.1) is 4.88 Å². The van der Waals surface area contributed by atoms with E-state index >= 15 is 0 Å². The lowest BCUT2D eigenvalue weighted by atomic mass is 9.92. The lowest BCUT2D eigenvalue weighted by molar-refractivity contribution is -0.176. The molecule has 5 nitrogen and oxygen atoms in total. The van der Waals surface area contributed by atoms with E-state index in [4.69, 9.17) is 5.11 Å². The number of halogens is 3. The summed E-state index contributed by atoms with van der Waals surface area (Å²) in [5, 5.41) is 9.74. The van der Waals surface area contributed by atoms with Crippen LogP contribution in [0.1, 0.15) is 9.67 Å². The summed E-state index contributed by atoms with van der Waals surface area (Å²) in [7, 11) is 0. The standard InChI is InChI=1S/C10H5F3O5S/c11-10(12,13)8(16)5(7(15)9(17)18)6(14)4-2-1-3-19-4/h1-3,5H,(H,17,18). The van der Waals surface area contributed by atoms with Crippen molar-refractivity contribution in [2.75, 3.05) is 0 Å². The van der Waals surface area contributed by atoms with Gasteiger partial charge >= 0.3 is 12.1 Å². The van der Waals surface area contributed by atoms with E-state index in [0.717, 1.165) is 6.07 Å². The van der Waals surface area contributed by atoms with Gasteiger partial charge in [0.15, 0.2) is 11.7 Å². The molecule has 1 aromatic heterocycles. The van der Waals surface area contributed by atoms with Crippen LogP contribution >= 0.6 is 11.3 Å². The molecule has 1 unspecified atom stereocenters. The minimum Gasteiger partial charge on any atom is -0.475 e. The lowest BCUT2D eigenvalue weighted by Gasteiger charge is -2.12. The van der Waals surface area contributed by atoms with E-state index in [9.17, 15) is 32.3 Å². The van der Waals surface area contributed by atoms with Crippen LogP contribution in [-0.2, 0) is 14.4 Å². The normalized spacial score (nSPS) is 12.8. The first kappa shape index (κ1) is 15.0. The molecule has 1 rings (SSSR count). The first-order valence-corrected chi connectivity index (χ1v) is 5.50. The molecule has 0 aliphatic heterocycles. The van der Waals surface area contributed by atoms with Crippen LogP contribution in [0.4, 0.5) is 13.2 Å². The molecule has 0 aliphatic carbocycles. The molecular formula is C10H5F3O5S. The van der Waals surface area contributed by atoms with Crippen LogP contribution < -0.4 is 0 Å². The maximum absolute atomic E-state index is 12.3. The average Bonchev–Trinajstić information content (AvgIpc) is 2.80. The van der Waals surface area contributed by atoms with Gasteiger partial charge in [-0.25, -0.2) is 4.79 Å². The van der Waals surface area contributed by atoms with E-state index in [1.54, 1.807) is 0 Å². The van der Waals surface area contributed by atoms with Crippen molar-refractivity contribution in [2.45, 2.75) is 6.18 Å². The Labute approximate surface area is 107 Å². The van der Waals surface area contributed by atoms with Gasteiger partial charge in [0.2, 0.25) is 0 Å². The zero-order chi connectivity index (χ0) is 14.8. The molecule has 0 amide bonds. The smallest absolute Gasteiger partial charge is 0.451 e. The van der Waals surface area contributed by atoms with Crippen LogP contribution in [0, 0.1) is 5.92 Å². The second kappa shape index (κ2) is 5.31. The third-order valence-corrected chi connectivity index (χ3v) is 2.93. The lowest BCUT2D eigenvalue weighted by Crippen LogP contribution is -2.42. The van der Waals surface area contributed by atoms with Gasteiger partial charge in [0.25, 0.3) is 11.6 Å². The minimum absolute atomic E-state index is 0.294. The van der Waals surface area contributed by atoms with Gasteiger partial charge in [0, 0.05) is 0 Å². The van der Waals surface area contributed by atoms with Crippen LogP contribution in [0.5, 0.6) is 0 Å². The first-order valence-electron chi connectivity index (χ1n) is 4.62. The SMILES string of the molecule is O=C(O)C(=O)C(C(=O)c1cccs1)C(=O)C(F)(F)F.